The van der Waals surface area contributed by atoms with Crippen LogP contribution < -0.4 is 9.47 Å². The molecule has 1 aliphatic heterocycles. The van der Waals surface area contributed by atoms with E-state index in [1.165, 1.54) is 0 Å². The van der Waals surface area contributed by atoms with E-state index in [1.54, 1.807) is 12.1 Å². The van der Waals surface area contributed by atoms with E-state index in [0.717, 1.165) is 31.5 Å². The van der Waals surface area contributed by atoms with Gasteiger partial charge in [-0.3, -0.25) is 4.79 Å². The first-order valence-corrected chi connectivity index (χ1v) is 7.76. The molecule has 0 radical (unpaired) electrons. The minimum Gasteiger partial charge on any atom is -0.454 e. The summed E-state index contributed by atoms with van der Waals surface area (Å²) in [5.74, 6) is 0.903. The van der Waals surface area contributed by atoms with Crippen molar-refractivity contribution in [3.8, 4) is 17.6 Å². The lowest BCUT2D eigenvalue weighted by Gasteiger charge is -2.22. The van der Waals surface area contributed by atoms with Gasteiger partial charge in [0.2, 0.25) is 12.7 Å². The van der Waals surface area contributed by atoms with Gasteiger partial charge in [-0.1, -0.05) is 19.9 Å². The normalized spacial score (nSPS) is 13.5. The number of hydrogen-bond acceptors (Lipinski definition) is 4. The van der Waals surface area contributed by atoms with E-state index in [9.17, 15) is 10.1 Å². The maximum absolute atomic E-state index is 12.4. The molecule has 5 heteroatoms. The summed E-state index contributed by atoms with van der Waals surface area (Å²) in [5, 5.41) is 9.43. The van der Waals surface area contributed by atoms with Crippen molar-refractivity contribution in [1.29, 1.82) is 5.26 Å². The van der Waals surface area contributed by atoms with Crippen molar-refractivity contribution in [3.63, 3.8) is 0 Å². The molecule has 0 aromatic heterocycles. The quantitative estimate of drug-likeness (QED) is 0.776. The van der Waals surface area contributed by atoms with E-state index in [2.05, 4.69) is 19.9 Å². The first kappa shape index (κ1) is 16.2. The summed E-state index contributed by atoms with van der Waals surface area (Å²) in [6, 6.07) is 7.66. The van der Waals surface area contributed by atoms with Crippen LogP contribution >= 0.6 is 0 Å². The lowest BCUT2D eigenvalue weighted by atomic mass is 9.96. The van der Waals surface area contributed by atoms with Gasteiger partial charge in [-0.25, -0.2) is 0 Å². The van der Waals surface area contributed by atoms with Crippen molar-refractivity contribution in [2.24, 2.45) is 0 Å². The summed E-state index contributed by atoms with van der Waals surface area (Å²) in [4.78, 5) is 14.3. The van der Waals surface area contributed by atoms with Crippen molar-refractivity contribution < 1.29 is 14.3 Å². The molecule has 2 rings (SSSR count). The highest BCUT2D eigenvalue weighted by Gasteiger charge is 2.22. The highest BCUT2D eigenvalue weighted by molar-refractivity contribution is 5.77. The minimum atomic E-state index is -0.460. The molecular formula is C17H22N2O3. The van der Waals surface area contributed by atoms with E-state index in [-0.39, 0.29) is 19.1 Å². The third-order valence-electron chi connectivity index (χ3n) is 3.67. The predicted molar refractivity (Wildman–Crippen MR) is 82.7 cm³/mol. The topological polar surface area (TPSA) is 62.6 Å². The minimum absolute atomic E-state index is 0.0351. The Balaban J connectivity index is 2.08. The van der Waals surface area contributed by atoms with Gasteiger partial charge in [0, 0.05) is 19.5 Å². The Labute approximate surface area is 131 Å². The molecule has 1 atom stereocenters. The monoisotopic (exact) mass is 302 g/mol. The van der Waals surface area contributed by atoms with Crippen LogP contribution in [0, 0.1) is 11.3 Å². The van der Waals surface area contributed by atoms with Crippen LogP contribution in [0.25, 0.3) is 0 Å². The molecule has 0 aliphatic carbocycles. The standard InChI is InChI=1S/C17H22N2O3/c1-3-7-19(8-4-2)17(20)10-14(11-18)13-5-6-15-16(9-13)22-12-21-15/h5-6,9,14H,3-4,7-8,10,12H2,1-2H3. The van der Waals surface area contributed by atoms with Crippen LogP contribution in [-0.4, -0.2) is 30.7 Å². The van der Waals surface area contributed by atoms with Crippen LogP contribution in [0.1, 0.15) is 44.6 Å². The molecule has 1 amide bonds. The summed E-state index contributed by atoms with van der Waals surface area (Å²) in [7, 11) is 0. The molecule has 5 nitrogen and oxygen atoms in total. The molecular weight excluding hydrogens is 280 g/mol. The zero-order valence-electron chi connectivity index (χ0n) is 13.2. The Bertz CT molecular complexity index is 560. The van der Waals surface area contributed by atoms with Crippen LogP contribution in [-0.2, 0) is 4.79 Å². The zero-order valence-corrected chi connectivity index (χ0v) is 13.2. The van der Waals surface area contributed by atoms with E-state index >= 15 is 0 Å². The molecule has 1 aromatic carbocycles. The van der Waals surface area contributed by atoms with E-state index in [0.29, 0.717) is 11.5 Å². The summed E-state index contributed by atoms with van der Waals surface area (Å²) >= 11 is 0. The molecule has 1 aromatic rings. The highest BCUT2D eigenvalue weighted by atomic mass is 16.7. The number of fused-ring (bicyclic) bond motifs is 1. The molecule has 0 spiro atoms. The van der Waals surface area contributed by atoms with Crippen LogP contribution in [0.15, 0.2) is 18.2 Å². The maximum atomic E-state index is 12.4. The number of ether oxygens (including phenoxy) is 2. The van der Waals surface area contributed by atoms with Crippen LogP contribution in [0.3, 0.4) is 0 Å². The number of carbonyl (C=O) groups is 1. The maximum Gasteiger partial charge on any atom is 0.231 e. The van der Waals surface area contributed by atoms with Crippen LogP contribution in [0.4, 0.5) is 0 Å². The second-order valence-corrected chi connectivity index (χ2v) is 5.38. The molecule has 0 saturated heterocycles. The summed E-state index contributed by atoms with van der Waals surface area (Å²) in [6.07, 6.45) is 2.05. The summed E-state index contributed by atoms with van der Waals surface area (Å²) < 4.78 is 10.6. The first-order valence-electron chi connectivity index (χ1n) is 7.76. The number of rotatable bonds is 7. The second kappa shape index (κ2) is 7.69. The number of nitrogens with zero attached hydrogens (tertiary/aromatic N) is 2. The van der Waals surface area contributed by atoms with Gasteiger partial charge in [0.1, 0.15) is 0 Å². The Hall–Kier alpha value is -2.22. The van der Waals surface area contributed by atoms with E-state index in [4.69, 9.17) is 9.47 Å². The van der Waals surface area contributed by atoms with Gasteiger partial charge in [0.15, 0.2) is 11.5 Å². The van der Waals surface area contributed by atoms with Gasteiger partial charge in [0.05, 0.1) is 12.0 Å². The molecule has 0 saturated carbocycles. The first-order chi connectivity index (χ1) is 10.7. The van der Waals surface area contributed by atoms with Gasteiger partial charge in [-0.15, -0.1) is 0 Å². The van der Waals surface area contributed by atoms with Crippen LogP contribution in [0.2, 0.25) is 0 Å². The van der Waals surface area contributed by atoms with Crippen molar-refractivity contribution >= 4 is 5.91 Å². The van der Waals surface area contributed by atoms with Crippen molar-refractivity contribution in [2.45, 2.75) is 39.0 Å². The Morgan fingerprint density at radius 2 is 1.95 bits per heavy atom. The molecule has 0 N–H and O–H groups in total. The number of benzene rings is 1. The third-order valence-corrected chi connectivity index (χ3v) is 3.67. The van der Waals surface area contributed by atoms with Gasteiger partial charge < -0.3 is 14.4 Å². The Morgan fingerprint density at radius 1 is 1.27 bits per heavy atom. The van der Waals surface area contributed by atoms with Crippen LogP contribution in [0.5, 0.6) is 11.5 Å². The molecule has 22 heavy (non-hydrogen) atoms. The highest BCUT2D eigenvalue weighted by Crippen LogP contribution is 2.35. The smallest absolute Gasteiger partial charge is 0.231 e. The average molecular weight is 302 g/mol. The van der Waals surface area contributed by atoms with Gasteiger partial charge in [0.25, 0.3) is 0 Å². The van der Waals surface area contributed by atoms with Crippen molar-refractivity contribution in [3.05, 3.63) is 23.8 Å². The van der Waals surface area contributed by atoms with E-state index < -0.39 is 5.92 Å². The molecule has 1 aliphatic rings. The SMILES string of the molecule is CCCN(CCC)C(=O)CC(C#N)c1ccc2c(c1)OCO2. The number of hydrogen-bond donors (Lipinski definition) is 0. The predicted octanol–water partition coefficient (Wildman–Crippen LogP) is 3.06. The van der Waals surface area contributed by atoms with Gasteiger partial charge in [-0.05, 0) is 30.5 Å². The fraction of sp³-hybridized carbons (Fsp3) is 0.529. The molecule has 118 valence electrons. The lowest BCUT2D eigenvalue weighted by Crippen LogP contribution is -2.33. The molecule has 1 heterocycles. The molecule has 1 unspecified atom stereocenters. The number of carbonyl (C=O) groups excluding carboxylic acids is 1. The van der Waals surface area contributed by atoms with Gasteiger partial charge in [-0.2, -0.15) is 5.26 Å². The molecule has 0 fully saturated rings. The Morgan fingerprint density at radius 3 is 2.59 bits per heavy atom. The fourth-order valence-corrected chi connectivity index (χ4v) is 2.57. The number of amides is 1. The summed E-state index contributed by atoms with van der Waals surface area (Å²) in [5.41, 5.74) is 0.799. The fourth-order valence-electron chi connectivity index (χ4n) is 2.57. The van der Waals surface area contributed by atoms with Gasteiger partial charge >= 0.3 is 0 Å². The van der Waals surface area contributed by atoms with E-state index in [1.807, 2.05) is 11.0 Å². The summed E-state index contributed by atoms with van der Waals surface area (Å²) in [6.45, 7) is 5.79. The Kier molecular flexibility index (Phi) is 5.65. The molecule has 0 bridgehead atoms. The lowest BCUT2D eigenvalue weighted by molar-refractivity contribution is -0.131. The second-order valence-electron chi connectivity index (χ2n) is 5.38. The number of nitriles is 1. The largest absolute Gasteiger partial charge is 0.454 e. The third kappa shape index (κ3) is 3.70. The van der Waals surface area contributed by atoms with Crippen molar-refractivity contribution in [2.75, 3.05) is 19.9 Å². The van der Waals surface area contributed by atoms with Crippen molar-refractivity contribution in [1.82, 2.24) is 4.90 Å². The average Bonchev–Trinajstić information content (AvgIpc) is 2.99. The zero-order chi connectivity index (χ0) is 15.9.